The van der Waals surface area contributed by atoms with Crippen LogP contribution < -0.4 is 5.32 Å². The van der Waals surface area contributed by atoms with Gasteiger partial charge in [0.25, 0.3) is 0 Å². The first-order chi connectivity index (χ1) is 13.0. The number of aliphatic carboxylic acids is 1. The number of carbonyl (C=O) groups is 1. The molecule has 2 N–H and O–H groups in total. The van der Waals surface area contributed by atoms with Crippen LogP contribution in [0.5, 0.6) is 0 Å². The lowest BCUT2D eigenvalue weighted by Crippen LogP contribution is -2.30. The van der Waals surface area contributed by atoms with Crippen LogP contribution in [0.15, 0.2) is 30.3 Å². The maximum absolute atomic E-state index is 11.7. The molecule has 3 rings (SSSR count). The molecule has 0 radical (unpaired) electrons. The van der Waals surface area contributed by atoms with Crippen molar-refractivity contribution in [2.45, 2.75) is 32.7 Å². The van der Waals surface area contributed by atoms with E-state index in [0.29, 0.717) is 24.5 Å². The van der Waals surface area contributed by atoms with Crippen LogP contribution in [0.2, 0.25) is 0 Å². The Morgan fingerprint density at radius 1 is 1.26 bits per heavy atom. The van der Waals surface area contributed by atoms with E-state index in [1.165, 1.54) is 4.88 Å². The molecule has 0 amide bonds. The number of anilines is 1. The molecule has 0 aliphatic rings. The fraction of sp³-hybridized carbons (Fsp3) is 0.350. The van der Waals surface area contributed by atoms with Crippen molar-refractivity contribution in [3.63, 3.8) is 0 Å². The standard InChI is InChI=1S/C20H23N3O2S2/c1-12-13(2)27-19-17(12)18(21-15(20(24)25)9-10-26-3)22-16(23-19)11-14-7-5-4-6-8-14/h4-8,15H,9-11H2,1-3H3,(H,24,25)(H,21,22,23). The number of thioether (sulfide) groups is 1. The van der Waals surface area contributed by atoms with E-state index in [9.17, 15) is 9.90 Å². The summed E-state index contributed by atoms with van der Waals surface area (Å²) in [4.78, 5) is 23.2. The molecule has 0 fully saturated rings. The first-order valence-corrected chi connectivity index (χ1v) is 11.0. The normalized spacial score (nSPS) is 12.3. The molecular weight excluding hydrogens is 378 g/mol. The molecule has 0 saturated carbocycles. The van der Waals surface area contributed by atoms with Crippen LogP contribution >= 0.6 is 23.1 Å². The number of carboxylic acids is 1. The molecule has 0 bridgehead atoms. The summed E-state index contributed by atoms with van der Waals surface area (Å²) in [6, 6.07) is 9.40. The Labute approximate surface area is 167 Å². The molecule has 0 saturated heterocycles. The highest BCUT2D eigenvalue weighted by molar-refractivity contribution is 7.98. The lowest BCUT2D eigenvalue weighted by Gasteiger charge is -2.16. The Morgan fingerprint density at radius 2 is 2.00 bits per heavy atom. The van der Waals surface area contributed by atoms with Crippen molar-refractivity contribution < 1.29 is 9.90 Å². The van der Waals surface area contributed by atoms with Crippen molar-refractivity contribution in [1.29, 1.82) is 0 Å². The smallest absolute Gasteiger partial charge is 0.326 e. The number of thiophene rings is 1. The third-order valence-electron chi connectivity index (χ3n) is 4.50. The van der Waals surface area contributed by atoms with Crippen LogP contribution in [0.4, 0.5) is 5.82 Å². The lowest BCUT2D eigenvalue weighted by molar-refractivity contribution is -0.137. The Kier molecular flexibility index (Phi) is 6.34. The van der Waals surface area contributed by atoms with E-state index in [2.05, 4.69) is 12.2 Å². The van der Waals surface area contributed by atoms with E-state index in [4.69, 9.17) is 9.97 Å². The number of benzene rings is 1. The third-order valence-corrected chi connectivity index (χ3v) is 6.24. The number of nitrogens with zero attached hydrogens (tertiary/aromatic N) is 2. The number of fused-ring (bicyclic) bond motifs is 1. The van der Waals surface area contributed by atoms with Crippen LogP contribution in [0.25, 0.3) is 10.2 Å². The van der Waals surface area contributed by atoms with E-state index in [0.717, 1.165) is 27.1 Å². The Hall–Kier alpha value is -2.12. The summed E-state index contributed by atoms with van der Waals surface area (Å²) in [5.41, 5.74) is 2.24. The predicted molar refractivity (Wildman–Crippen MR) is 114 cm³/mol. The molecule has 1 aromatic carbocycles. The number of rotatable bonds is 8. The highest BCUT2D eigenvalue weighted by atomic mass is 32.2. The number of aryl methyl sites for hydroxylation is 2. The van der Waals surface area contributed by atoms with Crippen molar-refractivity contribution in [2.75, 3.05) is 17.3 Å². The van der Waals surface area contributed by atoms with Crippen LogP contribution in [-0.4, -0.2) is 39.1 Å². The first-order valence-electron chi connectivity index (χ1n) is 8.78. The third kappa shape index (κ3) is 4.59. The maximum Gasteiger partial charge on any atom is 0.326 e. The first kappa shape index (κ1) is 19.6. The quantitative estimate of drug-likeness (QED) is 0.578. The van der Waals surface area contributed by atoms with Crippen LogP contribution in [0, 0.1) is 13.8 Å². The van der Waals surface area contributed by atoms with Gasteiger partial charge in [-0.3, -0.25) is 0 Å². The zero-order valence-electron chi connectivity index (χ0n) is 15.7. The topological polar surface area (TPSA) is 75.1 Å². The highest BCUT2D eigenvalue weighted by Crippen LogP contribution is 2.34. The fourth-order valence-electron chi connectivity index (χ4n) is 2.91. The summed E-state index contributed by atoms with van der Waals surface area (Å²) in [7, 11) is 0. The zero-order chi connectivity index (χ0) is 19.4. The fourth-order valence-corrected chi connectivity index (χ4v) is 4.43. The van der Waals surface area contributed by atoms with E-state index >= 15 is 0 Å². The summed E-state index contributed by atoms with van der Waals surface area (Å²) >= 11 is 3.27. The van der Waals surface area contributed by atoms with Gasteiger partial charge in [0, 0.05) is 11.3 Å². The minimum Gasteiger partial charge on any atom is -0.480 e. The van der Waals surface area contributed by atoms with E-state index in [1.54, 1.807) is 23.1 Å². The van der Waals surface area contributed by atoms with Gasteiger partial charge in [0.1, 0.15) is 22.5 Å². The molecule has 0 aliphatic carbocycles. The average molecular weight is 402 g/mol. The van der Waals surface area contributed by atoms with Crippen LogP contribution in [0.3, 0.4) is 0 Å². The second-order valence-corrected chi connectivity index (χ2v) is 8.62. The van der Waals surface area contributed by atoms with Gasteiger partial charge in [-0.05, 0) is 43.4 Å². The van der Waals surface area contributed by atoms with Crippen molar-refractivity contribution >= 4 is 45.1 Å². The van der Waals surface area contributed by atoms with Gasteiger partial charge >= 0.3 is 5.97 Å². The predicted octanol–water partition coefficient (Wildman–Crippen LogP) is 4.52. The molecule has 142 valence electrons. The molecule has 1 atom stereocenters. The van der Waals surface area contributed by atoms with Crippen molar-refractivity contribution in [3.8, 4) is 0 Å². The zero-order valence-corrected chi connectivity index (χ0v) is 17.3. The number of hydrogen-bond donors (Lipinski definition) is 2. The number of nitrogens with one attached hydrogen (secondary N) is 1. The minimum absolute atomic E-state index is 0.540. The minimum atomic E-state index is -0.856. The summed E-state index contributed by atoms with van der Waals surface area (Å²) in [5, 5.41) is 13.7. The maximum atomic E-state index is 11.7. The molecule has 0 aliphatic heterocycles. The van der Waals surface area contributed by atoms with Gasteiger partial charge in [-0.15, -0.1) is 11.3 Å². The largest absolute Gasteiger partial charge is 0.480 e. The molecule has 0 spiro atoms. The van der Waals surface area contributed by atoms with Gasteiger partial charge in [-0.25, -0.2) is 14.8 Å². The average Bonchev–Trinajstić information content (AvgIpc) is 2.93. The summed E-state index contributed by atoms with van der Waals surface area (Å²) in [5.74, 6) is 1.24. The SMILES string of the molecule is CSCCC(Nc1nc(Cc2ccccc2)nc2sc(C)c(C)c12)C(=O)O. The molecule has 2 aromatic heterocycles. The number of hydrogen-bond acceptors (Lipinski definition) is 6. The Balaban J connectivity index is 2.01. The Bertz CT molecular complexity index is 941. The van der Waals surface area contributed by atoms with Gasteiger partial charge in [0.2, 0.25) is 0 Å². The van der Waals surface area contributed by atoms with E-state index in [-0.39, 0.29) is 0 Å². The molecule has 7 heteroatoms. The molecular formula is C20H23N3O2S2. The monoisotopic (exact) mass is 401 g/mol. The lowest BCUT2D eigenvalue weighted by atomic mass is 10.1. The summed E-state index contributed by atoms with van der Waals surface area (Å²) in [6.45, 7) is 4.10. The molecule has 1 unspecified atom stereocenters. The second-order valence-electron chi connectivity index (χ2n) is 6.43. The van der Waals surface area contributed by atoms with Crippen molar-refractivity contribution in [1.82, 2.24) is 9.97 Å². The van der Waals surface area contributed by atoms with Crippen LogP contribution in [0.1, 0.15) is 28.2 Å². The molecule has 27 heavy (non-hydrogen) atoms. The van der Waals surface area contributed by atoms with Crippen LogP contribution in [-0.2, 0) is 11.2 Å². The number of aromatic nitrogens is 2. The van der Waals surface area contributed by atoms with Gasteiger partial charge in [-0.1, -0.05) is 30.3 Å². The number of carboxylic acid groups (broad SMARTS) is 1. The molecule has 3 aromatic rings. The highest BCUT2D eigenvalue weighted by Gasteiger charge is 2.21. The second kappa shape index (κ2) is 8.71. The van der Waals surface area contributed by atoms with Gasteiger partial charge in [-0.2, -0.15) is 11.8 Å². The molecule has 5 nitrogen and oxygen atoms in total. The van der Waals surface area contributed by atoms with Gasteiger partial charge in [0.05, 0.1) is 5.39 Å². The molecule has 2 heterocycles. The van der Waals surface area contributed by atoms with Gasteiger partial charge < -0.3 is 10.4 Å². The van der Waals surface area contributed by atoms with Crippen molar-refractivity contribution in [3.05, 3.63) is 52.2 Å². The van der Waals surface area contributed by atoms with E-state index in [1.807, 2.05) is 43.5 Å². The van der Waals surface area contributed by atoms with Crippen molar-refractivity contribution in [2.24, 2.45) is 0 Å². The van der Waals surface area contributed by atoms with Gasteiger partial charge in [0.15, 0.2) is 0 Å². The Morgan fingerprint density at radius 3 is 2.67 bits per heavy atom. The summed E-state index contributed by atoms with van der Waals surface area (Å²) in [6.07, 6.45) is 3.13. The van der Waals surface area contributed by atoms with E-state index < -0.39 is 12.0 Å². The summed E-state index contributed by atoms with van der Waals surface area (Å²) < 4.78 is 0.